The maximum atomic E-state index is 11.3. The Morgan fingerprint density at radius 1 is 1.52 bits per heavy atom. The average molecular weight is 294 g/mol. The van der Waals surface area contributed by atoms with E-state index in [9.17, 15) is 24.8 Å². The van der Waals surface area contributed by atoms with Crippen molar-refractivity contribution < 1.29 is 19.6 Å². The van der Waals surface area contributed by atoms with Gasteiger partial charge in [0.1, 0.15) is 11.8 Å². The highest BCUT2D eigenvalue weighted by Crippen LogP contribution is 2.34. The molecule has 0 spiro atoms. The molecule has 0 bridgehead atoms. The minimum Gasteiger partial charge on any atom is -0.381 e. The van der Waals surface area contributed by atoms with E-state index in [0.29, 0.717) is 17.7 Å². The fraction of sp³-hybridized carbons (Fsp3) is 0.333. The summed E-state index contributed by atoms with van der Waals surface area (Å²) in [5.74, 6) is -1.10. The van der Waals surface area contributed by atoms with Crippen LogP contribution in [0.4, 0.5) is 17.1 Å². The van der Waals surface area contributed by atoms with Crippen LogP contribution in [0.3, 0.4) is 0 Å². The van der Waals surface area contributed by atoms with E-state index in [1.54, 1.807) is 0 Å². The Labute approximate surface area is 119 Å². The second-order valence-corrected chi connectivity index (χ2v) is 4.63. The summed E-state index contributed by atoms with van der Waals surface area (Å²) >= 11 is 0. The zero-order chi connectivity index (χ0) is 15.6. The van der Waals surface area contributed by atoms with Crippen LogP contribution in [0.15, 0.2) is 12.1 Å². The number of benzene rings is 1. The summed E-state index contributed by atoms with van der Waals surface area (Å²) in [7, 11) is 0. The predicted molar refractivity (Wildman–Crippen MR) is 73.7 cm³/mol. The molecule has 1 unspecified atom stereocenters. The van der Waals surface area contributed by atoms with E-state index in [0.717, 1.165) is 0 Å². The largest absolute Gasteiger partial charge is 0.381 e. The van der Waals surface area contributed by atoms with Crippen molar-refractivity contribution in [3.63, 3.8) is 0 Å². The molecule has 112 valence electrons. The van der Waals surface area contributed by atoms with Crippen molar-refractivity contribution in [1.82, 2.24) is 0 Å². The number of carbonyl (C=O) groups is 2. The van der Waals surface area contributed by atoms with Crippen molar-refractivity contribution in [3.8, 4) is 0 Å². The van der Waals surface area contributed by atoms with Crippen LogP contribution < -0.4 is 16.4 Å². The molecule has 1 atom stereocenters. The number of aliphatic hydroxyl groups is 1. The lowest BCUT2D eigenvalue weighted by molar-refractivity contribution is -0.384. The molecule has 1 aromatic carbocycles. The van der Waals surface area contributed by atoms with Gasteiger partial charge in [-0.2, -0.15) is 0 Å². The van der Waals surface area contributed by atoms with Crippen molar-refractivity contribution in [2.75, 3.05) is 17.2 Å². The molecule has 2 rings (SSSR count). The molecule has 21 heavy (non-hydrogen) atoms. The number of carbonyl (C=O) groups excluding carboxylic acids is 2. The summed E-state index contributed by atoms with van der Waals surface area (Å²) < 4.78 is 0. The minimum atomic E-state index is -1.46. The number of anilines is 2. The van der Waals surface area contributed by atoms with Gasteiger partial charge >= 0.3 is 0 Å². The summed E-state index contributed by atoms with van der Waals surface area (Å²) in [4.78, 5) is 32.6. The first kappa shape index (κ1) is 14.7. The van der Waals surface area contributed by atoms with Gasteiger partial charge in [-0.1, -0.05) is 0 Å². The number of nitro benzene ring substituents is 1. The van der Waals surface area contributed by atoms with Crippen LogP contribution in [-0.4, -0.2) is 34.5 Å². The molecule has 1 aliphatic heterocycles. The summed E-state index contributed by atoms with van der Waals surface area (Å²) in [6, 6.07) is 2.78. The molecule has 0 saturated carbocycles. The highest BCUT2D eigenvalue weighted by atomic mass is 16.6. The lowest BCUT2D eigenvalue weighted by Crippen LogP contribution is -2.34. The zero-order valence-corrected chi connectivity index (χ0v) is 11.0. The molecule has 9 nitrogen and oxygen atoms in total. The minimum absolute atomic E-state index is 0.0984. The Balaban J connectivity index is 2.30. The Morgan fingerprint density at radius 2 is 2.24 bits per heavy atom. The standard InChI is InChI=1S/C12H14N4O5/c13-12(19)10(17)5-14-8-4-7-6(1-2-11(18)15-7)3-9(8)16(20)21/h3-4,10,14,17H,1-2,5H2,(H2,13,19)(H,15,18). The van der Waals surface area contributed by atoms with Crippen molar-refractivity contribution >= 4 is 28.9 Å². The molecular weight excluding hydrogens is 280 g/mol. The van der Waals surface area contributed by atoms with Crippen molar-refractivity contribution in [2.45, 2.75) is 18.9 Å². The number of primary amides is 1. The van der Waals surface area contributed by atoms with Gasteiger partial charge in [0.05, 0.1) is 11.5 Å². The van der Waals surface area contributed by atoms with Crippen LogP contribution in [0.1, 0.15) is 12.0 Å². The molecule has 1 aromatic rings. The van der Waals surface area contributed by atoms with Crippen LogP contribution in [0.2, 0.25) is 0 Å². The molecule has 0 fully saturated rings. The van der Waals surface area contributed by atoms with Crippen molar-refractivity contribution in [2.24, 2.45) is 5.73 Å². The number of aliphatic hydroxyl groups excluding tert-OH is 1. The molecule has 9 heteroatoms. The van der Waals surface area contributed by atoms with E-state index in [1.165, 1.54) is 12.1 Å². The maximum absolute atomic E-state index is 11.3. The number of nitro groups is 1. The molecular formula is C12H14N4O5. The van der Waals surface area contributed by atoms with Crippen molar-refractivity contribution in [3.05, 3.63) is 27.8 Å². The average Bonchev–Trinajstić information content (AvgIpc) is 2.43. The third-order valence-electron chi connectivity index (χ3n) is 3.13. The molecule has 1 aliphatic rings. The van der Waals surface area contributed by atoms with Gasteiger partial charge in [-0.25, -0.2) is 0 Å². The maximum Gasteiger partial charge on any atom is 0.292 e. The second kappa shape index (κ2) is 5.75. The number of rotatable bonds is 5. The number of fused-ring (bicyclic) bond motifs is 1. The monoisotopic (exact) mass is 294 g/mol. The molecule has 0 radical (unpaired) electrons. The van der Waals surface area contributed by atoms with Gasteiger partial charge in [-0.15, -0.1) is 0 Å². The number of nitrogens with zero attached hydrogens (tertiary/aromatic N) is 1. The Kier molecular flexibility index (Phi) is 4.03. The van der Waals surface area contributed by atoms with E-state index < -0.39 is 16.9 Å². The SMILES string of the molecule is NC(=O)C(O)CNc1cc2c(cc1[N+](=O)[O-])CCC(=O)N2. The number of nitrogens with two attached hydrogens (primary N) is 1. The quantitative estimate of drug-likeness (QED) is 0.434. The van der Waals surface area contributed by atoms with E-state index >= 15 is 0 Å². The third-order valence-corrected chi connectivity index (χ3v) is 3.13. The van der Waals surface area contributed by atoms with Gasteiger partial charge in [-0.05, 0) is 18.1 Å². The van der Waals surface area contributed by atoms with Crippen LogP contribution in [-0.2, 0) is 16.0 Å². The number of hydrogen-bond acceptors (Lipinski definition) is 6. The van der Waals surface area contributed by atoms with Crippen LogP contribution >= 0.6 is 0 Å². The third kappa shape index (κ3) is 3.26. The molecule has 5 N–H and O–H groups in total. The number of aryl methyl sites for hydroxylation is 1. The number of hydrogen-bond donors (Lipinski definition) is 4. The van der Waals surface area contributed by atoms with E-state index in [1.807, 2.05) is 0 Å². The van der Waals surface area contributed by atoms with Crippen molar-refractivity contribution in [1.29, 1.82) is 0 Å². The molecule has 0 aromatic heterocycles. The van der Waals surface area contributed by atoms with Gasteiger partial charge in [0, 0.05) is 18.2 Å². The van der Waals surface area contributed by atoms with Crippen LogP contribution in [0, 0.1) is 10.1 Å². The number of nitrogens with one attached hydrogen (secondary N) is 2. The Hall–Kier alpha value is -2.68. The fourth-order valence-electron chi connectivity index (χ4n) is 2.02. The fourth-order valence-corrected chi connectivity index (χ4v) is 2.02. The summed E-state index contributed by atoms with van der Waals surface area (Å²) in [5.41, 5.74) is 5.96. The van der Waals surface area contributed by atoms with Crippen LogP contribution in [0.5, 0.6) is 0 Å². The highest BCUT2D eigenvalue weighted by Gasteiger charge is 2.23. The van der Waals surface area contributed by atoms with Gasteiger partial charge in [0.2, 0.25) is 11.8 Å². The van der Waals surface area contributed by atoms with Gasteiger partial charge in [-0.3, -0.25) is 19.7 Å². The zero-order valence-electron chi connectivity index (χ0n) is 11.0. The molecule has 1 heterocycles. The Bertz CT molecular complexity index is 616. The molecule has 2 amide bonds. The number of amides is 2. The lowest BCUT2D eigenvalue weighted by Gasteiger charge is -2.18. The van der Waals surface area contributed by atoms with E-state index in [-0.39, 0.29) is 30.2 Å². The van der Waals surface area contributed by atoms with E-state index in [2.05, 4.69) is 10.6 Å². The first-order chi connectivity index (χ1) is 9.88. The second-order valence-electron chi connectivity index (χ2n) is 4.63. The molecule has 0 aliphatic carbocycles. The van der Waals surface area contributed by atoms with Crippen LogP contribution in [0.25, 0.3) is 0 Å². The van der Waals surface area contributed by atoms with E-state index in [4.69, 9.17) is 5.73 Å². The van der Waals surface area contributed by atoms with Gasteiger partial charge in [0.25, 0.3) is 5.69 Å². The predicted octanol–water partition coefficient (Wildman–Crippen LogP) is -0.262. The smallest absolute Gasteiger partial charge is 0.292 e. The highest BCUT2D eigenvalue weighted by molar-refractivity contribution is 5.95. The summed E-state index contributed by atoms with van der Waals surface area (Å²) in [6.07, 6.45) is -0.765. The Morgan fingerprint density at radius 3 is 2.86 bits per heavy atom. The normalized spacial score (nSPS) is 14.8. The van der Waals surface area contributed by atoms with Gasteiger partial charge < -0.3 is 21.5 Å². The van der Waals surface area contributed by atoms with Gasteiger partial charge in [0.15, 0.2) is 0 Å². The first-order valence-electron chi connectivity index (χ1n) is 6.21. The summed E-state index contributed by atoms with van der Waals surface area (Å²) in [6.45, 7) is -0.261. The topological polar surface area (TPSA) is 148 Å². The first-order valence-corrected chi connectivity index (χ1v) is 6.21. The molecule has 0 saturated heterocycles. The lowest BCUT2D eigenvalue weighted by atomic mass is 10.0. The summed E-state index contributed by atoms with van der Waals surface area (Å²) in [5, 5.41) is 25.6.